The van der Waals surface area contributed by atoms with Crippen LogP contribution in [0.1, 0.15) is 21.7 Å². The van der Waals surface area contributed by atoms with Crippen LogP contribution in [0, 0.1) is 13.8 Å². The number of carbonyl (C=O) groups is 1. The van der Waals surface area contributed by atoms with Crippen LogP contribution in [0.15, 0.2) is 29.2 Å². The van der Waals surface area contributed by atoms with Crippen molar-refractivity contribution in [3.63, 3.8) is 0 Å². The van der Waals surface area contributed by atoms with Gasteiger partial charge in [0.25, 0.3) is 5.91 Å². The molecule has 154 valence electrons. The number of aryl methyl sites for hydroxylation is 3. The molecule has 0 spiro atoms. The maximum atomic E-state index is 13.1. The lowest BCUT2D eigenvalue weighted by molar-refractivity contribution is 0.102. The number of sulfonamides is 1. The molecule has 0 unspecified atom stereocenters. The summed E-state index contributed by atoms with van der Waals surface area (Å²) in [6.45, 7) is 3.60. The zero-order chi connectivity index (χ0) is 21.5. The number of carbonyl (C=O) groups excluding carboxylic acids is 1. The molecule has 3 aromatic rings. The molecule has 0 fully saturated rings. The van der Waals surface area contributed by atoms with Gasteiger partial charge in [-0.1, -0.05) is 0 Å². The smallest absolute Gasteiger partial charge is 0.256 e. The van der Waals surface area contributed by atoms with Crippen molar-refractivity contribution in [1.29, 1.82) is 0 Å². The first-order valence-electron chi connectivity index (χ1n) is 8.79. The van der Waals surface area contributed by atoms with Crippen LogP contribution in [-0.4, -0.2) is 54.6 Å². The van der Waals surface area contributed by atoms with E-state index in [-0.39, 0.29) is 10.6 Å². The highest BCUT2D eigenvalue weighted by Crippen LogP contribution is 2.30. The first-order valence-corrected chi connectivity index (χ1v) is 10.2. The minimum Gasteiger partial charge on any atom is -0.495 e. The van der Waals surface area contributed by atoms with Gasteiger partial charge in [0.2, 0.25) is 10.0 Å². The summed E-state index contributed by atoms with van der Waals surface area (Å²) in [5, 5.41) is 7.76. The van der Waals surface area contributed by atoms with E-state index in [1.165, 1.54) is 39.4 Å². The van der Waals surface area contributed by atoms with Crippen LogP contribution in [0.3, 0.4) is 0 Å². The molecule has 1 N–H and O–H groups in total. The van der Waals surface area contributed by atoms with E-state index >= 15 is 0 Å². The van der Waals surface area contributed by atoms with Crippen molar-refractivity contribution in [2.45, 2.75) is 18.7 Å². The fourth-order valence-corrected chi connectivity index (χ4v) is 4.02. The van der Waals surface area contributed by atoms with E-state index in [1.54, 1.807) is 31.6 Å². The zero-order valence-corrected chi connectivity index (χ0v) is 18.0. The molecule has 3 rings (SSSR count). The summed E-state index contributed by atoms with van der Waals surface area (Å²) < 4.78 is 32.9. The molecule has 0 atom stereocenters. The molecule has 0 aliphatic rings. The molecule has 0 bridgehead atoms. The average molecular weight is 417 g/mol. The molecule has 29 heavy (non-hydrogen) atoms. The highest BCUT2D eigenvalue weighted by atomic mass is 32.2. The molecule has 9 nitrogen and oxygen atoms in total. The fourth-order valence-electron chi connectivity index (χ4n) is 3.09. The summed E-state index contributed by atoms with van der Waals surface area (Å²) in [6, 6.07) is 6.01. The quantitative estimate of drug-likeness (QED) is 0.681. The van der Waals surface area contributed by atoms with Crippen LogP contribution in [0.5, 0.6) is 5.75 Å². The average Bonchev–Trinajstić information content (AvgIpc) is 2.94. The molecule has 0 radical (unpaired) electrons. The topological polar surface area (TPSA) is 106 Å². The number of benzene rings is 1. The molecule has 0 saturated heterocycles. The van der Waals surface area contributed by atoms with Crippen molar-refractivity contribution in [1.82, 2.24) is 19.1 Å². The number of anilines is 1. The molecular formula is C19H23N5O4S. The third kappa shape index (κ3) is 3.68. The Labute approximate surface area is 169 Å². The Bertz CT molecular complexity index is 1220. The lowest BCUT2D eigenvalue weighted by atomic mass is 10.1. The van der Waals surface area contributed by atoms with E-state index in [0.717, 1.165) is 4.31 Å². The van der Waals surface area contributed by atoms with Crippen molar-refractivity contribution in [3.8, 4) is 5.75 Å². The van der Waals surface area contributed by atoms with Gasteiger partial charge in [0.05, 0.1) is 34.3 Å². The molecule has 1 amide bonds. The summed E-state index contributed by atoms with van der Waals surface area (Å²) in [6.07, 6.45) is 0. The maximum absolute atomic E-state index is 13.1. The Kier molecular flexibility index (Phi) is 5.33. The first-order chi connectivity index (χ1) is 13.6. The van der Waals surface area contributed by atoms with Gasteiger partial charge in [0.15, 0.2) is 5.65 Å². The van der Waals surface area contributed by atoms with Crippen molar-refractivity contribution in [3.05, 3.63) is 41.2 Å². The predicted octanol–water partition coefficient (Wildman–Crippen LogP) is 2.10. The molecular weight excluding hydrogens is 394 g/mol. The van der Waals surface area contributed by atoms with Crippen molar-refractivity contribution < 1.29 is 17.9 Å². The summed E-state index contributed by atoms with van der Waals surface area (Å²) >= 11 is 0. The Balaban J connectivity index is 2.09. The number of ether oxygens (including phenoxy) is 1. The summed E-state index contributed by atoms with van der Waals surface area (Å²) in [7, 11) is 2.44. The number of pyridine rings is 1. The van der Waals surface area contributed by atoms with Gasteiger partial charge in [-0.2, -0.15) is 5.10 Å². The second-order valence-corrected chi connectivity index (χ2v) is 8.97. The zero-order valence-electron chi connectivity index (χ0n) is 17.1. The normalized spacial score (nSPS) is 11.8. The number of nitrogens with one attached hydrogen (secondary N) is 1. The molecule has 10 heteroatoms. The van der Waals surface area contributed by atoms with Gasteiger partial charge in [0.1, 0.15) is 5.75 Å². The first kappa shape index (κ1) is 20.7. The van der Waals surface area contributed by atoms with Gasteiger partial charge < -0.3 is 10.1 Å². The molecule has 0 aliphatic heterocycles. The number of rotatable bonds is 5. The van der Waals surface area contributed by atoms with Crippen LogP contribution >= 0.6 is 0 Å². The minimum absolute atomic E-state index is 0.0483. The lowest BCUT2D eigenvalue weighted by Gasteiger charge is -2.15. The minimum atomic E-state index is -3.67. The van der Waals surface area contributed by atoms with Crippen LogP contribution in [0.4, 0.5) is 5.69 Å². The molecule has 1 aromatic carbocycles. The Morgan fingerprint density at radius 1 is 1.21 bits per heavy atom. The van der Waals surface area contributed by atoms with Crippen molar-refractivity contribution >= 4 is 32.7 Å². The van der Waals surface area contributed by atoms with E-state index in [0.29, 0.717) is 33.7 Å². The van der Waals surface area contributed by atoms with Crippen LogP contribution < -0.4 is 10.1 Å². The van der Waals surface area contributed by atoms with Crippen LogP contribution in [0.25, 0.3) is 11.0 Å². The van der Waals surface area contributed by atoms with Gasteiger partial charge in [0, 0.05) is 26.8 Å². The van der Waals surface area contributed by atoms with E-state index in [1.807, 2.05) is 0 Å². The number of amides is 1. The second kappa shape index (κ2) is 7.45. The number of methoxy groups -OCH3 is 1. The number of nitrogens with zero attached hydrogens (tertiary/aromatic N) is 4. The Morgan fingerprint density at radius 2 is 1.90 bits per heavy atom. The van der Waals surface area contributed by atoms with Gasteiger partial charge in [-0.05, 0) is 38.1 Å². The highest BCUT2D eigenvalue weighted by Gasteiger charge is 2.22. The lowest BCUT2D eigenvalue weighted by Crippen LogP contribution is -2.22. The molecule has 2 aromatic heterocycles. The monoisotopic (exact) mass is 417 g/mol. The van der Waals surface area contributed by atoms with E-state index in [9.17, 15) is 13.2 Å². The Hall–Kier alpha value is -2.98. The SMILES string of the molecule is COc1ccc(S(=O)(=O)N(C)C)cc1NC(=O)c1cc(C)nc2c1c(C)nn2C. The second-order valence-electron chi connectivity index (χ2n) is 6.82. The van der Waals surface area contributed by atoms with E-state index in [4.69, 9.17) is 4.74 Å². The van der Waals surface area contributed by atoms with E-state index < -0.39 is 15.9 Å². The third-order valence-corrected chi connectivity index (χ3v) is 6.35. The van der Waals surface area contributed by atoms with Gasteiger partial charge in [-0.15, -0.1) is 0 Å². The summed E-state index contributed by atoms with van der Waals surface area (Å²) in [4.78, 5) is 17.6. The predicted molar refractivity (Wildman–Crippen MR) is 110 cm³/mol. The Morgan fingerprint density at radius 3 is 2.52 bits per heavy atom. The van der Waals surface area contributed by atoms with Gasteiger partial charge in [-0.3, -0.25) is 9.48 Å². The standard InChI is InChI=1S/C19H23N5O4S/c1-11-9-14(17-12(2)22-24(5)18(17)20-11)19(25)21-15-10-13(7-8-16(15)28-6)29(26,27)23(3)4/h7-10H,1-6H3,(H,21,25). The maximum Gasteiger partial charge on any atom is 0.256 e. The number of fused-ring (bicyclic) bond motifs is 1. The molecule has 0 saturated carbocycles. The number of hydrogen-bond acceptors (Lipinski definition) is 6. The largest absolute Gasteiger partial charge is 0.495 e. The van der Waals surface area contributed by atoms with E-state index in [2.05, 4.69) is 15.4 Å². The van der Waals surface area contributed by atoms with Crippen molar-refractivity contribution in [2.75, 3.05) is 26.5 Å². The third-order valence-electron chi connectivity index (χ3n) is 4.54. The van der Waals surface area contributed by atoms with Gasteiger partial charge >= 0.3 is 0 Å². The van der Waals surface area contributed by atoms with Crippen LogP contribution in [0.2, 0.25) is 0 Å². The fraction of sp³-hybridized carbons (Fsp3) is 0.316. The number of aromatic nitrogens is 3. The molecule has 2 heterocycles. The highest BCUT2D eigenvalue weighted by molar-refractivity contribution is 7.89. The van der Waals surface area contributed by atoms with Crippen molar-refractivity contribution in [2.24, 2.45) is 7.05 Å². The van der Waals surface area contributed by atoms with Gasteiger partial charge in [-0.25, -0.2) is 17.7 Å². The number of hydrogen-bond donors (Lipinski definition) is 1. The van der Waals surface area contributed by atoms with Crippen LogP contribution in [-0.2, 0) is 17.1 Å². The summed E-state index contributed by atoms with van der Waals surface area (Å²) in [5.41, 5.74) is 2.60. The summed E-state index contributed by atoms with van der Waals surface area (Å²) in [5.74, 6) is -0.0599. The molecule has 0 aliphatic carbocycles.